The largest absolute Gasteiger partial charge is 0.398 e. The second kappa shape index (κ2) is 4.55. The summed E-state index contributed by atoms with van der Waals surface area (Å²) in [5, 5.41) is 0.569. The zero-order chi connectivity index (χ0) is 11.7. The molecule has 2 N–H and O–H groups in total. The first-order valence-electron chi connectivity index (χ1n) is 5.05. The van der Waals surface area contributed by atoms with Gasteiger partial charge in [0.2, 0.25) is 5.91 Å². The van der Waals surface area contributed by atoms with Crippen LogP contribution in [0.1, 0.15) is 6.42 Å². The lowest BCUT2D eigenvalue weighted by molar-refractivity contribution is -0.126. The number of anilines is 1. The average Bonchev–Trinajstić information content (AvgIpc) is 2.55. The number of hydrogen-bond donors (Lipinski definition) is 1. The highest BCUT2D eigenvalue weighted by Crippen LogP contribution is 2.38. The molecular formula is C11H13ClN2OS. The van der Waals surface area contributed by atoms with Gasteiger partial charge in [-0.3, -0.25) is 4.79 Å². The maximum atomic E-state index is 11.8. The summed E-state index contributed by atoms with van der Waals surface area (Å²) in [4.78, 5) is 14.3. The smallest absolute Gasteiger partial charge is 0.235 e. The molecule has 16 heavy (non-hydrogen) atoms. The second-order valence-electron chi connectivity index (χ2n) is 3.81. The highest BCUT2D eigenvalue weighted by molar-refractivity contribution is 8.00. The highest BCUT2D eigenvalue weighted by atomic mass is 35.5. The molecule has 0 aromatic heterocycles. The fourth-order valence-electron chi connectivity index (χ4n) is 1.69. The lowest BCUT2D eigenvalue weighted by Gasteiger charge is -2.12. The van der Waals surface area contributed by atoms with Crippen molar-refractivity contribution in [3.63, 3.8) is 0 Å². The Labute approximate surface area is 104 Å². The van der Waals surface area contributed by atoms with Crippen LogP contribution in [0.3, 0.4) is 0 Å². The van der Waals surface area contributed by atoms with Crippen LogP contribution in [0, 0.1) is 0 Å². The monoisotopic (exact) mass is 256 g/mol. The van der Waals surface area contributed by atoms with E-state index >= 15 is 0 Å². The van der Waals surface area contributed by atoms with Gasteiger partial charge in [-0.1, -0.05) is 17.7 Å². The summed E-state index contributed by atoms with van der Waals surface area (Å²) in [6.07, 6.45) is 0.852. The number of benzene rings is 1. The van der Waals surface area contributed by atoms with E-state index in [1.54, 1.807) is 17.0 Å². The number of nitrogens with zero attached hydrogens (tertiary/aromatic N) is 1. The lowest BCUT2D eigenvalue weighted by Crippen LogP contribution is -2.23. The predicted octanol–water partition coefficient (Wildman–Crippen LogP) is 2.25. The van der Waals surface area contributed by atoms with Crippen LogP contribution in [0.4, 0.5) is 5.69 Å². The van der Waals surface area contributed by atoms with Crippen molar-refractivity contribution in [3.8, 4) is 0 Å². The maximum absolute atomic E-state index is 11.8. The van der Waals surface area contributed by atoms with Crippen molar-refractivity contribution in [2.75, 3.05) is 19.3 Å². The molecule has 0 aliphatic carbocycles. The summed E-state index contributed by atoms with van der Waals surface area (Å²) >= 11 is 7.53. The maximum Gasteiger partial charge on any atom is 0.235 e. The van der Waals surface area contributed by atoms with Crippen LogP contribution in [-0.4, -0.2) is 29.6 Å². The van der Waals surface area contributed by atoms with E-state index in [2.05, 4.69) is 0 Å². The molecule has 1 amide bonds. The van der Waals surface area contributed by atoms with Crippen molar-refractivity contribution in [1.82, 2.24) is 4.90 Å². The number of likely N-dealkylation sites (tertiary alicyclic amines) is 1. The van der Waals surface area contributed by atoms with Gasteiger partial charge in [-0.25, -0.2) is 0 Å². The van der Waals surface area contributed by atoms with Gasteiger partial charge >= 0.3 is 0 Å². The summed E-state index contributed by atoms with van der Waals surface area (Å²) in [6.45, 7) is 0.806. The lowest BCUT2D eigenvalue weighted by atomic mass is 10.3. The molecule has 1 aromatic carbocycles. The van der Waals surface area contributed by atoms with Crippen molar-refractivity contribution in [1.29, 1.82) is 0 Å². The summed E-state index contributed by atoms with van der Waals surface area (Å²) in [6, 6.07) is 5.41. The Bertz CT molecular complexity index is 404. The molecule has 1 aromatic rings. The molecule has 1 atom stereocenters. The Balaban J connectivity index is 2.19. The molecule has 1 fully saturated rings. The first-order valence-corrected chi connectivity index (χ1v) is 6.31. The molecule has 3 nitrogen and oxygen atoms in total. The molecule has 1 aliphatic rings. The number of amides is 1. The molecule has 2 rings (SSSR count). The van der Waals surface area contributed by atoms with Crippen LogP contribution in [0.2, 0.25) is 5.02 Å². The molecule has 0 spiro atoms. The SMILES string of the molecule is CN1CCC(Sc2c(N)cccc2Cl)C1=O. The fraction of sp³-hybridized carbons (Fsp3) is 0.364. The molecule has 0 saturated carbocycles. The number of carbonyl (C=O) groups is 1. The van der Waals surface area contributed by atoms with E-state index in [9.17, 15) is 4.79 Å². The van der Waals surface area contributed by atoms with Gasteiger partial charge in [0.05, 0.1) is 10.3 Å². The van der Waals surface area contributed by atoms with Gasteiger partial charge in [0.25, 0.3) is 0 Å². The Morgan fingerprint density at radius 1 is 1.56 bits per heavy atom. The third-order valence-electron chi connectivity index (χ3n) is 2.64. The van der Waals surface area contributed by atoms with Crippen molar-refractivity contribution < 1.29 is 4.79 Å². The molecule has 0 bridgehead atoms. The summed E-state index contributed by atoms with van der Waals surface area (Å²) < 4.78 is 0. The van der Waals surface area contributed by atoms with Crippen molar-refractivity contribution in [3.05, 3.63) is 23.2 Å². The minimum Gasteiger partial charge on any atom is -0.398 e. The molecular weight excluding hydrogens is 244 g/mol. The van der Waals surface area contributed by atoms with Crippen LogP contribution in [0.5, 0.6) is 0 Å². The Morgan fingerprint density at radius 2 is 2.31 bits per heavy atom. The van der Waals surface area contributed by atoms with Crippen molar-refractivity contribution >= 4 is 35.0 Å². The zero-order valence-corrected chi connectivity index (χ0v) is 10.5. The second-order valence-corrected chi connectivity index (χ2v) is 5.43. The molecule has 86 valence electrons. The van der Waals surface area contributed by atoms with E-state index in [0.29, 0.717) is 10.7 Å². The van der Waals surface area contributed by atoms with Gasteiger partial charge < -0.3 is 10.6 Å². The first kappa shape index (κ1) is 11.6. The van der Waals surface area contributed by atoms with Gasteiger partial charge in [0.15, 0.2) is 0 Å². The number of nitrogen functional groups attached to an aromatic ring is 1. The quantitative estimate of drug-likeness (QED) is 0.826. The van der Waals surface area contributed by atoms with Crippen LogP contribution < -0.4 is 5.73 Å². The summed E-state index contributed by atoms with van der Waals surface area (Å²) in [7, 11) is 1.82. The number of rotatable bonds is 2. The van der Waals surface area contributed by atoms with E-state index in [0.717, 1.165) is 17.9 Å². The van der Waals surface area contributed by atoms with Gasteiger partial charge in [0.1, 0.15) is 0 Å². The number of nitrogens with two attached hydrogens (primary N) is 1. The minimum absolute atomic E-state index is 0.0489. The van der Waals surface area contributed by atoms with E-state index in [4.69, 9.17) is 17.3 Å². The Kier molecular flexibility index (Phi) is 3.30. The average molecular weight is 257 g/mol. The number of thioether (sulfide) groups is 1. The minimum atomic E-state index is -0.0489. The normalized spacial score (nSPS) is 20.5. The molecule has 0 radical (unpaired) electrons. The van der Waals surface area contributed by atoms with E-state index < -0.39 is 0 Å². The summed E-state index contributed by atoms with van der Waals surface area (Å²) in [5.74, 6) is 0.157. The Morgan fingerprint density at radius 3 is 2.88 bits per heavy atom. The highest BCUT2D eigenvalue weighted by Gasteiger charge is 2.30. The van der Waals surface area contributed by atoms with Gasteiger partial charge in [0, 0.05) is 24.2 Å². The predicted molar refractivity (Wildman–Crippen MR) is 67.8 cm³/mol. The van der Waals surface area contributed by atoms with Crippen LogP contribution in [-0.2, 0) is 4.79 Å². The topological polar surface area (TPSA) is 46.3 Å². The zero-order valence-electron chi connectivity index (χ0n) is 8.94. The van der Waals surface area contributed by atoms with E-state index in [-0.39, 0.29) is 11.2 Å². The molecule has 1 saturated heterocycles. The molecule has 1 aliphatic heterocycles. The Hall–Kier alpha value is -0.870. The van der Waals surface area contributed by atoms with Gasteiger partial charge in [-0.15, -0.1) is 11.8 Å². The van der Waals surface area contributed by atoms with Crippen molar-refractivity contribution in [2.24, 2.45) is 0 Å². The van der Waals surface area contributed by atoms with E-state index in [1.165, 1.54) is 11.8 Å². The molecule has 1 heterocycles. The molecule has 5 heteroatoms. The van der Waals surface area contributed by atoms with Crippen LogP contribution >= 0.6 is 23.4 Å². The number of halogens is 1. The third kappa shape index (κ3) is 2.13. The molecule has 1 unspecified atom stereocenters. The van der Waals surface area contributed by atoms with Gasteiger partial charge in [-0.2, -0.15) is 0 Å². The fourth-order valence-corrected chi connectivity index (χ4v) is 3.18. The number of hydrogen-bond acceptors (Lipinski definition) is 3. The van der Waals surface area contributed by atoms with E-state index in [1.807, 2.05) is 13.1 Å². The summed E-state index contributed by atoms with van der Waals surface area (Å²) in [5.41, 5.74) is 6.49. The van der Waals surface area contributed by atoms with Crippen LogP contribution in [0.25, 0.3) is 0 Å². The first-order chi connectivity index (χ1) is 7.59. The third-order valence-corrected chi connectivity index (χ3v) is 4.48. The van der Waals surface area contributed by atoms with Gasteiger partial charge in [-0.05, 0) is 18.6 Å². The van der Waals surface area contributed by atoms with Crippen molar-refractivity contribution in [2.45, 2.75) is 16.6 Å². The van der Waals surface area contributed by atoms with Crippen LogP contribution in [0.15, 0.2) is 23.1 Å². The standard InChI is InChI=1S/C11H13ClN2OS/c1-14-6-5-9(11(14)15)16-10-7(12)3-2-4-8(10)13/h2-4,9H,5-6,13H2,1H3. The number of carbonyl (C=O) groups excluding carboxylic acids is 1.